The maximum atomic E-state index is 12.9. The Kier molecular flexibility index (Phi) is 5.21. The number of hydrogen-bond donors (Lipinski definition) is 1. The minimum atomic E-state index is -0.205. The molecule has 134 valence electrons. The molecule has 0 radical (unpaired) electrons. The number of furan rings is 1. The molecule has 1 aliphatic rings. The Morgan fingerprint density at radius 2 is 2.32 bits per heavy atom. The Bertz CT molecular complexity index is 731. The van der Waals surface area contributed by atoms with E-state index in [0.29, 0.717) is 24.0 Å². The van der Waals surface area contributed by atoms with Gasteiger partial charge in [-0.2, -0.15) is 0 Å². The number of piperidine rings is 1. The number of ether oxygens (including phenoxy) is 1. The second-order valence-corrected chi connectivity index (χ2v) is 6.37. The highest BCUT2D eigenvalue weighted by Gasteiger charge is 2.33. The van der Waals surface area contributed by atoms with Crippen molar-refractivity contribution in [1.29, 1.82) is 0 Å². The van der Waals surface area contributed by atoms with Gasteiger partial charge in [0, 0.05) is 13.0 Å². The van der Waals surface area contributed by atoms with E-state index in [-0.39, 0.29) is 12.1 Å². The van der Waals surface area contributed by atoms with Crippen molar-refractivity contribution in [3.8, 4) is 5.75 Å². The molecule has 25 heavy (non-hydrogen) atoms. The minimum absolute atomic E-state index is 0.0723. The first-order chi connectivity index (χ1) is 12.1. The van der Waals surface area contributed by atoms with Gasteiger partial charge < -0.3 is 14.1 Å². The third-order valence-electron chi connectivity index (χ3n) is 4.61. The van der Waals surface area contributed by atoms with Crippen molar-refractivity contribution in [1.82, 2.24) is 14.9 Å². The average Bonchev–Trinajstić information content (AvgIpc) is 3.11. The molecule has 0 aromatic carbocycles. The lowest BCUT2D eigenvalue weighted by atomic mass is 9.91. The monoisotopic (exact) mass is 344 g/mol. The number of hydrogen-bond acceptors (Lipinski definition) is 5. The summed E-state index contributed by atoms with van der Waals surface area (Å²) in [5.74, 6) is 3.12. The minimum Gasteiger partial charge on any atom is -0.491 e. The van der Waals surface area contributed by atoms with E-state index in [2.05, 4.69) is 29.1 Å². The zero-order valence-corrected chi connectivity index (χ0v) is 14.9. The fraction of sp³-hybridized carbons (Fsp3) is 0.500. The Labute approximate surface area is 147 Å². The van der Waals surface area contributed by atoms with E-state index in [4.69, 9.17) is 9.15 Å². The lowest BCUT2D eigenvalue weighted by Gasteiger charge is -2.37. The van der Waals surface area contributed by atoms with Crippen molar-refractivity contribution in [3.63, 3.8) is 0 Å². The third kappa shape index (κ3) is 3.75. The van der Waals surface area contributed by atoms with Crippen LogP contribution in [0.5, 0.6) is 5.75 Å². The third-order valence-corrected chi connectivity index (χ3v) is 4.61. The van der Waals surface area contributed by atoms with Gasteiger partial charge in [-0.1, -0.05) is 13.8 Å². The number of nitrogens with zero attached hydrogens (tertiary/aromatic N) is 3. The van der Waals surface area contributed by atoms with E-state index < -0.39 is 0 Å². The van der Waals surface area contributed by atoms with Crippen LogP contribution in [-0.2, 0) is 6.42 Å². The zero-order valence-electron chi connectivity index (χ0n) is 14.9. The number of carbonyl (C=O) groups excluding carboxylic acids is 1. The van der Waals surface area contributed by atoms with Crippen LogP contribution in [0, 0.1) is 5.92 Å². The Hall–Kier alpha value is -2.57. The second kappa shape index (κ2) is 7.55. The zero-order chi connectivity index (χ0) is 17.8. The van der Waals surface area contributed by atoms with Crippen molar-refractivity contribution < 1.29 is 13.9 Å². The van der Waals surface area contributed by atoms with E-state index in [1.165, 1.54) is 19.6 Å². The van der Waals surface area contributed by atoms with Gasteiger partial charge in [0.1, 0.15) is 17.8 Å². The molecule has 7 heteroatoms. The number of likely N-dealkylation sites (tertiary alicyclic amines) is 1. The first kappa shape index (κ1) is 17.3. The molecule has 0 spiro atoms. The number of urea groups is 1. The maximum absolute atomic E-state index is 12.9. The van der Waals surface area contributed by atoms with Crippen LogP contribution in [0.1, 0.15) is 44.3 Å². The molecular formula is C18H24N4O3. The van der Waals surface area contributed by atoms with Crippen molar-refractivity contribution in [3.05, 3.63) is 36.2 Å². The van der Waals surface area contributed by atoms with Gasteiger partial charge in [-0.05, 0) is 30.9 Å². The first-order valence-corrected chi connectivity index (χ1v) is 8.62. The largest absolute Gasteiger partial charge is 0.491 e. The van der Waals surface area contributed by atoms with Crippen LogP contribution >= 0.6 is 0 Å². The maximum Gasteiger partial charge on any atom is 0.323 e. The molecule has 2 atom stereocenters. The predicted molar refractivity (Wildman–Crippen MR) is 93.5 cm³/mol. The molecule has 1 aliphatic heterocycles. The highest BCUT2D eigenvalue weighted by Crippen LogP contribution is 2.35. The molecule has 2 aromatic rings. The van der Waals surface area contributed by atoms with Crippen molar-refractivity contribution >= 4 is 11.8 Å². The fourth-order valence-corrected chi connectivity index (χ4v) is 3.15. The number of amides is 2. The highest BCUT2D eigenvalue weighted by molar-refractivity contribution is 5.90. The van der Waals surface area contributed by atoms with E-state index in [0.717, 1.165) is 30.8 Å². The number of anilines is 1. The molecule has 0 saturated carbocycles. The first-order valence-electron chi connectivity index (χ1n) is 8.62. The molecule has 1 fully saturated rings. The molecule has 2 amide bonds. The summed E-state index contributed by atoms with van der Waals surface area (Å²) in [6, 6.07) is 3.69. The number of aryl methyl sites for hydroxylation is 1. The summed E-state index contributed by atoms with van der Waals surface area (Å²) in [6.07, 6.45) is 5.59. The Morgan fingerprint density at radius 3 is 3.04 bits per heavy atom. The molecule has 1 N–H and O–H groups in total. The van der Waals surface area contributed by atoms with Crippen LogP contribution < -0.4 is 10.1 Å². The number of rotatable bonds is 4. The van der Waals surface area contributed by atoms with Gasteiger partial charge >= 0.3 is 6.03 Å². The van der Waals surface area contributed by atoms with Gasteiger partial charge in [0.2, 0.25) is 0 Å². The molecule has 0 aliphatic carbocycles. The normalized spacial score (nSPS) is 20.4. The number of methoxy groups -OCH3 is 1. The highest BCUT2D eigenvalue weighted by atomic mass is 16.5. The van der Waals surface area contributed by atoms with Crippen LogP contribution in [0.2, 0.25) is 0 Å². The summed E-state index contributed by atoms with van der Waals surface area (Å²) in [4.78, 5) is 22.7. The fourth-order valence-electron chi connectivity index (χ4n) is 3.15. The lowest BCUT2D eigenvalue weighted by Crippen LogP contribution is -2.43. The van der Waals surface area contributed by atoms with Crippen molar-refractivity contribution in [2.75, 3.05) is 19.0 Å². The summed E-state index contributed by atoms with van der Waals surface area (Å²) >= 11 is 0. The van der Waals surface area contributed by atoms with E-state index >= 15 is 0 Å². The van der Waals surface area contributed by atoms with E-state index in [1.807, 2.05) is 17.0 Å². The summed E-state index contributed by atoms with van der Waals surface area (Å²) in [5, 5.41) is 2.84. The van der Waals surface area contributed by atoms with Gasteiger partial charge in [-0.25, -0.2) is 14.8 Å². The van der Waals surface area contributed by atoms with Crippen LogP contribution in [0.4, 0.5) is 10.6 Å². The molecule has 2 unspecified atom stereocenters. The number of carbonyl (C=O) groups is 1. The van der Waals surface area contributed by atoms with Crippen LogP contribution in [0.15, 0.2) is 29.1 Å². The summed E-state index contributed by atoms with van der Waals surface area (Å²) in [5.41, 5.74) is 0. The molecule has 3 rings (SSSR count). The second-order valence-electron chi connectivity index (χ2n) is 6.37. The average molecular weight is 344 g/mol. The molecule has 1 saturated heterocycles. The molecule has 7 nitrogen and oxygen atoms in total. The molecule has 0 bridgehead atoms. The summed E-state index contributed by atoms with van der Waals surface area (Å²) in [7, 11) is 1.52. The number of aromatic nitrogens is 2. The van der Waals surface area contributed by atoms with E-state index in [9.17, 15) is 4.79 Å². The number of nitrogens with one attached hydrogen (secondary N) is 1. The molecule has 3 heterocycles. The van der Waals surface area contributed by atoms with Crippen molar-refractivity contribution in [2.45, 2.75) is 39.2 Å². The Morgan fingerprint density at radius 1 is 1.48 bits per heavy atom. The SMILES string of the molecule is CCc1ccc(C2CC(C)CCN2C(=O)Nc2ncncc2OC)o1. The van der Waals surface area contributed by atoms with Crippen LogP contribution in [0.25, 0.3) is 0 Å². The quantitative estimate of drug-likeness (QED) is 0.916. The predicted octanol–water partition coefficient (Wildman–Crippen LogP) is 3.65. The van der Waals surface area contributed by atoms with Gasteiger partial charge in [0.25, 0.3) is 0 Å². The lowest BCUT2D eigenvalue weighted by molar-refractivity contribution is 0.128. The van der Waals surface area contributed by atoms with E-state index in [1.54, 1.807) is 0 Å². The van der Waals surface area contributed by atoms with Gasteiger partial charge in [0.15, 0.2) is 11.6 Å². The molecule has 2 aromatic heterocycles. The summed E-state index contributed by atoms with van der Waals surface area (Å²) < 4.78 is 11.1. The summed E-state index contributed by atoms with van der Waals surface area (Å²) in [6.45, 7) is 4.94. The van der Waals surface area contributed by atoms with Crippen molar-refractivity contribution in [2.24, 2.45) is 5.92 Å². The van der Waals surface area contributed by atoms with Crippen LogP contribution in [0.3, 0.4) is 0 Å². The van der Waals surface area contributed by atoms with Gasteiger partial charge in [-0.3, -0.25) is 5.32 Å². The molecular weight excluding hydrogens is 320 g/mol. The topological polar surface area (TPSA) is 80.5 Å². The standard InChI is InChI=1S/C18H24N4O3/c1-4-13-5-6-15(25-13)14-9-12(2)7-8-22(14)18(23)21-17-16(24-3)10-19-11-20-17/h5-6,10-12,14H,4,7-9H2,1-3H3,(H,19,20,21,23). The van der Waals surface area contributed by atoms with Gasteiger partial charge in [-0.15, -0.1) is 0 Å². The smallest absolute Gasteiger partial charge is 0.323 e. The van der Waals surface area contributed by atoms with Gasteiger partial charge in [0.05, 0.1) is 19.3 Å². The van der Waals surface area contributed by atoms with Crippen LogP contribution in [-0.4, -0.2) is 34.6 Å². The Balaban J connectivity index is 1.81.